The van der Waals surface area contributed by atoms with E-state index in [1.165, 1.54) is 6.07 Å². The number of hydrogen-bond donors (Lipinski definition) is 0. The molecule has 0 fully saturated rings. The average molecular weight is 302 g/mol. The van der Waals surface area contributed by atoms with E-state index in [-0.39, 0.29) is 5.78 Å². The second-order valence-corrected chi connectivity index (χ2v) is 5.28. The number of carbonyl (C=O) groups is 1. The first-order chi connectivity index (χ1) is 10.4. The number of alkyl halides is 3. The zero-order valence-corrected chi connectivity index (χ0v) is 11.7. The number of halogens is 3. The molecule has 0 aliphatic heterocycles. The Labute approximate surface area is 126 Å². The predicted octanol–water partition coefficient (Wildman–Crippen LogP) is 4.92. The highest BCUT2D eigenvalue weighted by molar-refractivity contribution is 6.13. The molecule has 0 saturated carbocycles. The fraction of sp³-hybridized carbons (Fsp3) is 0.167. The summed E-state index contributed by atoms with van der Waals surface area (Å²) in [4.78, 5) is 12.4. The molecule has 0 N–H and O–H groups in total. The fourth-order valence-corrected chi connectivity index (χ4v) is 2.66. The van der Waals surface area contributed by atoms with Crippen LogP contribution in [-0.4, -0.2) is 5.78 Å². The van der Waals surface area contributed by atoms with Crippen LogP contribution in [0.3, 0.4) is 0 Å². The highest BCUT2D eigenvalue weighted by Crippen LogP contribution is 2.31. The number of fused-ring (bicyclic) bond motifs is 1. The van der Waals surface area contributed by atoms with Gasteiger partial charge in [-0.3, -0.25) is 4.79 Å². The Morgan fingerprint density at radius 3 is 2.50 bits per heavy atom. The molecular formula is C18H13F3O. The zero-order chi connectivity index (χ0) is 15.7. The van der Waals surface area contributed by atoms with E-state index in [4.69, 9.17) is 0 Å². The predicted molar refractivity (Wildman–Crippen MR) is 78.5 cm³/mol. The monoisotopic (exact) mass is 302 g/mol. The van der Waals surface area contributed by atoms with Crippen molar-refractivity contribution in [3.05, 3.63) is 76.4 Å². The number of allylic oxidation sites excluding steroid dienone is 1. The lowest BCUT2D eigenvalue weighted by atomic mass is 9.86. The summed E-state index contributed by atoms with van der Waals surface area (Å²) in [7, 11) is 0. The van der Waals surface area contributed by atoms with Gasteiger partial charge in [-0.05, 0) is 42.2 Å². The third-order valence-corrected chi connectivity index (χ3v) is 3.77. The van der Waals surface area contributed by atoms with Gasteiger partial charge in [0.1, 0.15) is 0 Å². The number of benzene rings is 2. The Kier molecular flexibility index (Phi) is 3.61. The van der Waals surface area contributed by atoms with Crippen LogP contribution >= 0.6 is 0 Å². The molecule has 1 aliphatic carbocycles. The quantitative estimate of drug-likeness (QED) is 0.683. The average Bonchev–Trinajstić information content (AvgIpc) is 2.50. The van der Waals surface area contributed by atoms with E-state index in [1.807, 2.05) is 12.1 Å². The maximum Gasteiger partial charge on any atom is 0.416 e. The number of aryl methyl sites for hydroxylation is 1. The molecule has 0 bridgehead atoms. The van der Waals surface area contributed by atoms with Crippen molar-refractivity contribution in [3.8, 4) is 0 Å². The number of rotatable bonds is 1. The molecule has 0 atom stereocenters. The lowest BCUT2D eigenvalue weighted by Gasteiger charge is -2.17. The zero-order valence-electron chi connectivity index (χ0n) is 11.7. The summed E-state index contributed by atoms with van der Waals surface area (Å²) in [5.41, 5.74) is 1.89. The molecule has 0 aromatic heterocycles. The van der Waals surface area contributed by atoms with Crippen molar-refractivity contribution in [3.63, 3.8) is 0 Å². The molecule has 0 saturated heterocycles. The Bertz CT molecular complexity index is 757. The van der Waals surface area contributed by atoms with Crippen LogP contribution < -0.4 is 0 Å². The molecule has 0 spiro atoms. The minimum atomic E-state index is -4.38. The van der Waals surface area contributed by atoms with Gasteiger partial charge in [-0.15, -0.1) is 0 Å². The second-order valence-electron chi connectivity index (χ2n) is 5.28. The molecule has 4 heteroatoms. The lowest BCUT2D eigenvalue weighted by Crippen LogP contribution is -2.13. The summed E-state index contributed by atoms with van der Waals surface area (Å²) in [6.07, 6.45) is -1.54. The van der Waals surface area contributed by atoms with E-state index in [1.54, 1.807) is 24.3 Å². The third-order valence-electron chi connectivity index (χ3n) is 3.77. The lowest BCUT2D eigenvalue weighted by molar-refractivity contribution is -0.137. The molecule has 2 aromatic carbocycles. The van der Waals surface area contributed by atoms with Crippen LogP contribution in [0.15, 0.2) is 54.1 Å². The van der Waals surface area contributed by atoms with Crippen LogP contribution in [0.1, 0.15) is 33.5 Å². The molecule has 0 heterocycles. The van der Waals surface area contributed by atoms with Gasteiger partial charge in [-0.25, -0.2) is 0 Å². The highest BCUT2D eigenvalue weighted by atomic mass is 19.4. The van der Waals surface area contributed by atoms with Gasteiger partial charge in [-0.2, -0.15) is 13.2 Å². The molecule has 1 aliphatic rings. The van der Waals surface area contributed by atoms with Crippen molar-refractivity contribution in [2.24, 2.45) is 0 Å². The minimum absolute atomic E-state index is 0.0979. The van der Waals surface area contributed by atoms with E-state index in [0.717, 1.165) is 24.1 Å². The molecule has 3 rings (SSSR count). The molecule has 1 nitrogen and oxygen atoms in total. The summed E-state index contributed by atoms with van der Waals surface area (Å²) in [6.45, 7) is 0. The summed E-state index contributed by atoms with van der Waals surface area (Å²) >= 11 is 0. The van der Waals surface area contributed by atoms with Crippen molar-refractivity contribution in [1.82, 2.24) is 0 Å². The molecule has 22 heavy (non-hydrogen) atoms. The largest absolute Gasteiger partial charge is 0.416 e. The molecule has 0 amide bonds. The number of carbonyl (C=O) groups excluding carboxylic acids is 1. The van der Waals surface area contributed by atoms with Gasteiger partial charge in [0.2, 0.25) is 0 Å². The minimum Gasteiger partial charge on any atom is -0.289 e. The summed E-state index contributed by atoms with van der Waals surface area (Å²) in [5.74, 6) is -0.0979. The maximum absolute atomic E-state index is 12.7. The third kappa shape index (κ3) is 2.82. The van der Waals surface area contributed by atoms with Crippen LogP contribution in [0, 0.1) is 0 Å². The maximum atomic E-state index is 12.7. The second kappa shape index (κ2) is 5.44. The summed E-state index contributed by atoms with van der Waals surface area (Å²) in [5, 5.41) is 0. The van der Waals surface area contributed by atoms with E-state index in [9.17, 15) is 18.0 Å². The first-order valence-corrected chi connectivity index (χ1v) is 6.95. The summed E-state index contributed by atoms with van der Waals surface area (Å²) < 4.78 is 38.2. The fourth-order valence-electron chi connectivity index (χ4n) is 2.66. The molecular weight excluding hydrogens is 289 g/mol. The Morgan fingerprint density at radius 2 is 1.73 bits per heavy atom. The Morgan fingerprint density at radius 1 is 0.955 bits per heavy atom. The van der Waals surface area contributed by atoms with Gasteiger partial charge in [0, 0.05) is 11.1 Å². The van der Waals surface area contributed by atoms with Crippen LogP contribution in [0.5, 0.6) is 0 Å². The van der Waals surface area contributed by atoms with Gasteiger partial charge < -0.3 is 0 Å². The van der Waals surface area contributed by atoms with E-state index in [0.29, 0.717) is 23.1 Å². The first-order valence-electron chi connectivity index (χ1n) is 6.95. The van der Waals surface area contributed by atoms with E-state index in [2.05, 4.69) is 0 Å². The first kappa shape index (κ1) is 14.6. The highest BCUT2D eigenvalue weighted by Gasteiger charge is 2.30. The normalized spacial score (nSPS) is 16.7. The van der Waals surface area contributed by atoms with Crippen LogP contribution in [0.2, 0.25) is 0 Å². The van der Waals surface area contributed by atoms with Gasteiger partial charge in [0.05, 0.1) is 5.56 Å². The molecule has 112 valence electrons. The van der Waals surface area contributed by atoms with Crippen molar-refractivity contribution in [2.45, 2.75) is 19.0 Å². The van der Waals surface area contributed by atoms with Crippen LogP contribution in [0.25, 0.3) is 6.08 Å². The summed E-state index contributed by atoms with van der Waals surface area (Å²) in [6, 6.07) is 12.4. The van der Waals surface area contributed by atoms with Gasteiger partial charge >= 0.3 is 6.18 Å². The van der Waals surface area contributed by atoms with E-state index >= 15 is 0 Å². The SMILES string of the molecule is O=C1C(=Cc2cccc(C(F)(F)F)c2)CCc2ccccc21. The van der Waals surface area contributed by atoms with Crippen molar-refractivity contribution < 1.29 is 18.0 Å². The molecule has 0 unspecified atom stereocenters. The molecule has 2 aromatic rings. The standard InChI is InChI=1S/C18H13F3O/c19-18(20,21)15-6-3-4-12(11-15)10-14-9-8-13-5-1-2-7-16(13)17(14)22/h1-7,10-11H,8-9H2. The number of Topliss-reactive ketones (excluding diaryl/α,β-unsaturated/α-hetero) is 1. The van der Waals surface area contributed by atoms with Crippen molar-refractivity contribution in [1.29, 1.82) is 0 Å². The van der Waals surface area contributed by atoms with Gasteiger partial charge in [0.15, 0.2) is 5.78 Å². The van der Waals surface area contributed by atoms with Crippen molar-refractivity contribution in [2.75, 3.05) is 0 Å². The number of ketones is 1. The smallest absolute Gasteiger partial charge is 0.289 e. The van der Waals surface area contributed by atoms with Crippen molar-refractivity contribution >= 4 is 11.9 Å². The number of hydrogen-bond acceptors (Lipinski definition) is 1. The van der Waals surface area contributed by atoms with Gasteiger partial charge in [-0.1, -0.05) is 36.4 Å². The van der Waals surface area contributed by atoms with E-state index < -0.39 is 11.7 Å². The Balaban J connectivity index is 1.96. The topological polar surface area (TPSA) is 17.1 Å². The van der Waals surface area contributed by atoms with Crippen LogP contribution in [0.4, 0.5) is 13.2 Å². The Hall–Kier alpha value is -2.36. The van der Waals surface area contributed by atoms with Crippen LogP contribution in [-0.2, 0) is 12.6 Å². The molecule has 0 radical (unpaired) electrons. The van der Waals surface area contributed by atoms with Gasteiger partial charge in [0.25, 0.3) is 0 Å².